The van der Waals surface area contributed by atoms with Crippen LogP contribution in [0.25, 0.3) is 0 Å². The summed E-state index contributed by atoms with van der Waals surface area (Å²) >= 11 is 0. The second-order valence-corrected chi connectivity index (χ2v) is 8.97. The summed E-state index contributed by atoms with van der Waals surface area (Å²) in [5, 5.41) is 6.21. The van der Waals surface area contributed by atoms with Crippen LogP contribution in [0.2, 0.25) is 0 Å². The third kappa shape index (κ3) is 7.50. The molecule has 0 amide bonds. The molecule has 1 aliphatic heterocycles. The summed E-state index contributed by atoms with van der Waals surface area (Å²) < 4.78 is 37.4. The second-order valence-electron chi connectivity index (χ2n) is 8.97. The SMILES string of the molecule is CC(F)(F)CN[C@H]1CC[C@H](COc2ccnc(Nc3ccc(N4CCOCC4)cc3)n2)CC1. The standard InChI is InChI=1S/C24H33F2N5O2/c1-24(25,26)17-28-19-4-2-18(3-5-19)16-33-22-10-11-27-23(30-22)29-20-6-8-21(9-7-20)31-12-14-32-15-13-31/h6-11,18-19,28H,2-5,12-17H2,1H3,(H,27,29,30)/t18-,19-. The molecule has 7 nitrogen and oxygen atoms in total. The van der Waals surface area contributed by atoms with Gasteiger partial charge in [-0.05, 0) is 55.9 Å². The number of nitrogens with zero attached hydrogens (tertiary/aromatic N) is 3. The number of hydrogen-bond donors (Lipinski definition) is 2. The minimum atomic E-state index is -2.66. The van der Waals surface area contributed by atoms with Crippen LogP contribution in [0.5, 0.6) is 5.88 Å². The lowest BCUT2D eigenvalue weighted by atomic mass is 9.86. The molecule has 0 unspecified atom stereocenters. The fourth-order valence-corrected chi connectivity index (χ4v) is 4.25. The zero-order chi connectivity index (χ0) is 23.1. The summed E-state index contributed by atoms with van der Waals surface area (Å²) in [5.74, 6) is -1.24. The third-order valence-corrected chi connectivity index (χ3v) is 6.14. The summed E-state index contributed by atoms with van der Waals surface area (Å²) in [6, 6.07) is 10.1. The van der Waals surface area contributed by atoms with Gasteiger partial charge in [0.1, 0.15) is 0 Å². The normalized spacial score (nSPS) is 21.6. The molecular formula is C24H33F2N5O2. The summed E-state index contributed by atoms with van der Waals surface area (Å²) in [6.07, 6.45) is 5.37. The maximum absolute atomic E-state index is 13.0. The topological polar surface area (TPSA) is 71.5 Å². The molecule has 1 aliphatic carbocycles. The molecule has 2 aromatic rings. The minimum absolute atomic E-state index is 0.163. The van der Waals surface area contributed by atoms with E-state index >= 15 is 0 Å². The van der Waals surface area contributed by atoms with Crippen molar-refractivity contribution in [3.63, 3.8) is 0 Å². The monoisotopic (exact) mass is 461 g/mol. The number of rotatable bonds is 9. The van der Waals surface area contributed by atoms with Crippen LogP contribution in [-0.2, 0) is 4.74 Å². The summed E-state index contributed by atoms with van der Waals surface area (Å²) in [7, 11) is 0. The average Bonchev–Trinajstić information content (AvgIpc) is 2.83. The molecule has 4 rings (SSSR count). The Bertz CT molecular complexity index is 864. The number of ether oxygens (including phenoxy) is 2. The van der Waals surface area contributed by atoms with Crippen molar-refractivity contribution in [2.75, 3.05) is 49.7 Å². The highest BCUT2D eigenvalue weighted by molar-refractivity contribution is 5.59. The molecule has 1 aromatic carbocycles. The van der Waals surface area contributed by atoms with E-state index in [1.807, 2.05) is 12.1 Å². The molecule has 180 valence electrons. The van der Waals surface area contributed by atoms with E-state index in [2.05, 4.69) is 37.6 Å². The summed E-state index contributed by atoms with van der Waals surface area (Å²) in [6.45, 7) is 4.59. The second kappa shape index (κ2) is 11.1. The molecule has 9 heteroatoms. The molecular weight excluding hydrogens is 428 g/mol. The highest BCUT2D eigenvalue weighted by Gasteiger charge is 2.26. The molecule has 33 heavy (non-hydrogen) atoms. The van der Waals surface area contributed by atoms with Crippen molar-refractivity contribution in [2.24, 2.45) is 5.92 Å². The molecule has 1 saturated heterocycles. The van der Waals surface area contributed by atoms with E-state index in [-0.39, 0.29) is 12.6 Å². The van der Waals surface area contributed by atoms with Crippen LogP contribution in [0.15, 0.2) is 36.5 Å². The molecule has 1 aromatic heterocycles. The first-order valence-corrected chi connectivity index (χ1v) is 11.7. The number of benzene rings is 1. The van der Waals surface area contributed by atoms with E-state index in [0.717, 1.165) is 64.6 Å². The largest absolute Gasteiger partial charge is 0.477 e. The average molecular weight is 462 g/mol. The number of aromatic nitrogens is 2. The Labute approximate surface area is 193 Å². The molecule has 1 saturated carbocycles. The van der Waals surface area contributed by atoms with Gasteiger partial charge in [-0.2, -0.15) is 4.98 Å². The molecule has 0 spiro atoms. The van der Waals surface area contributed by atoms with Gasteiger partial charge in [0.05, 0.1) is 26.4 Å². The first-order valence-electron chi connectivity index (χ1n) is 11.7. The smallest absolute Gasteiger partial charge is 0.257 e. The number of alkyl halides is 2. The molecule has 2 fully saturated rings. The van der Waals surface area contributed by atoms with Crippen LogP contribution in [-0.4, -0.2) is 61.4 Å². The van der Waals surface area contributed by atoms with Crippen LogP contribution in [0, 0.1) is 5.92 Å². The van der Waals surface area contributed by atoms with Crippen molar-refractivity contribution in [3.8, 4) is 5.88 Å². The van der Waals surface area contributed by atoms with Crippen LogP contribution >= 0.6 is 0 Å². The highest BCUT2D eigenvalue weighted by atomic mass is 19.3. The Kier molecular flexibility index (Phi) is 7.93. The highest BCUT2D eigenvalue weighted by Crippen LogP contribution is 2.26. The fraction of sp³-hybridized carbons (Fsp3) is 0.583. The lowest BCUT2D eigenvalue weighted by Crippen LogP contribution is -2.40. The molecule has 2 N–H and O–H groups in total. The number of hydrogen-bond acceptors (Lipinski definition) is 7. The Morgan fingerprint density at radius 1 is 1.09 bits per heavy atom. The molecule has 2 aliphatic rings. The lowest BCUT2D eigenvalue weighted by Gasteiger charge is -2.29. The van der Waals surface area contributed by atoms with E-state index in [1.165, 1.54) is 5.69 Å². The van der Waals surface area contributed by atoms with Gasteiger partial charge in [-0.3, -0.25) is 0 Å². The molecule has 0 atom stereocenters. The molecule has 2 heterocycles. The number of anilines is 3. The van der Waals surface area contributed by atoms with Crippen molar-refractivity contribution < 1.29 is 18.3 Å². The van der Waals surface area contributed by atoms with Gasteiger partial charge in [-0.1, -0.05) is 0 Å². The quantitative estimate of drug-likeness (QED) is 0.579. The van der Waals surface area contributed by atoms with Gasteiger partial charge in [0.2, 0.25) is 11.8 Å². The maximum atomic E-state index is 13.0. The Hall–Kier alpha value is -2.52. The van der Waals surface area contributed by atoms with Crippen molar-refractivity contribution >= 4 is 17.3 Å². The van der Waals surface area contributed by atoms with Gasteiger partial charge < -0.3 is 25.0 Å². The van der Waals surface area contributed by atoms with E-state index in [0.29, 0.717) is 24.4 Å². The van der Waals surface area contributed by atoms with Gasteiger partial charge in [-0.25, -0.2) is 13.8 Å². The van der Waals surface area contributed by atoms with E-state index in [9.17, 15) is 8.78 Å². The van der Waals surface area contributed by atoms with Crippen molar-refractivity contribution in [1.29, 1.82) is 0 Å². The van der Waals surface area contributed by atoms with Crippen LogP contribution in [0.4, 0.5) is 26.1 Å². The maximum Gasteiger partial charge on any atom is 0.257 e. The third-order valence-electron chi connectivity index (χ3n) is 6.14. The molecule has 0 bridgehead atoms. The fourth-order valence-electron chi connectivity index (χ4n) is 4.25. The van der Waals surface area contributed by atoms with Crippen molar-refractivity contribution in [1.82, 2.24) is 15.3 Å². The first kappa shape index (κ1) is 23.6. The minimum Gasteiger partial charge on any atom is -0.477 e. The van der Waals surface area contributed by atoms with Crippen molar-refractivity contribution in [3.05, 3.63) is 36.5 Å². The van der Waals surface area contributed by atoms with Gasteiger partial charge in [0.25, 0.3) is 5.92 Å². The number of nitrogens with one attached hydrogen (secondary N) is 2. The van der Waals surface area contributed by atoms with Crippen LogP contribution in [0.3, 0.4) is 0 Å². The molecule has 0 radical (unpaired) electrons. The number of halogens is 2. The van der Waals surface area contributed by atoms with Gasteiger partial charge >= 0.3 is 0 Å². The summed E-state index contributed by atoms with van der Waals surface area (Å²) in [5.41, 5.74) is 2.09. The van der Waals surface area contributed by atoms with Crippen LogP contribution in [0.1, 0.15) is 32.6 Å². The van der Waals surface area contributed by atoms with E-state index < -0.39 is 5.92 Å². The lowest BCUT2D eigenvalue weighted by molar-refractivity contribution is 0.0177. The zero-order valence-corrected chi connectivity index (χ0v) is 19.1. The van der Waals surface area contributed by atoms with Crippen molar-refractivity contribution in [2.45, 2.75) is 44.6 Å². The number of morpholine rings is 1. The first-order chi connectivity index (χ1) is 15.9. The Morgan fingerprint density at radius 3 is 2.52 bits per heavy atom. The van der Waals surface area contributed by atoms with Gasteiger partial charge in [0.15, 0.2) is 0 Å². The Morgan fingerprint density at radius 2 is 1.82 bits per heavy atom. The van der Waals surface area contributed by atoms with E-state index in [1.54, 1.807) is 12.3 Å². The van der Waals surface area contributed by atoms with E-state index in [4.69, 9.17) is 9.47 Å². The van der Waals surface area contributed by atoms with Gasteiger partial charge in [-0.15, -0.1) is 0 Å². The van der Waals surface area contributed by atoms with Gasteiger partial charge in [0, 0.05) is 49.7 Å². The Balaban J connectivity index is 1.22. The predicted octanol–water partition coefficient (Wildman–Crippen LogP) is 4.24. The predicted molar refractivity (Wildman–Crippen MR) is 125 cm³/mol. The van der Waals surface area contributed by atoms with Crippen LogP contribution < -0.4 is 20.3 Å². The summed E-state index contributed by atoms with van der Waals surface area (Å²) in [4.78, 5) is 11.1. The zero-order valence-electron chi connectivity index (χ0n) is 19.1.